The topological polar surface area (TPSA) is 20.3 Å². The minimum Gasteiger partial charge on any atom is -0.326 e. The molecule has 0 saturated carbocycles. The molecular weight excluding hydrogens is 419 g/mol. The Morgan fingerprint density at radius 1 is 1.20 bits per heavy atom. The van der Waals surface area contributed by atoms with Crippen molar-refractivity contribution in [2.75, 3.05) is 0 Å². The largest absolute Gasteiger partial charge is 0.326 e. The molecule has 0 aromatic heterocycles. The van der Waals surface area contributed by atoms with E-state index in [9.17, 15) is 18.0 Å². The highest BCUT2D eigenvalue weighted by molar-refractivity contribution is 9.12. The third-order valence-corrected chi connectivity index (χ3v) is 4.53. The van der Waals surface area contributed by atoms with E-state index < -0.39 is 29.4 Å². The summed E-state index contributed by atoms with van der Waals surface area (Å²) in [6, 6.07) is 4.63. The van der Waals surface area contributed by atoms with Crippen molar-refractivity contribution in [3.63, 3.8) is 0 Å². The fraction of sp³-hybridized carbons (Fsp3) is 0.167. The van der Waals surface area contributed by atoms with Crippen LogP contribution >= 0.6 is 27.5 Å². The summed E-state index contributed by atoms with van der Waals surface area (Å²) in [5, 5.41) is 0.0974. The third kappa shape index (κ3) is 3.39. The first-order chi connectivity index (χ1) is 11.9. The Kier molecular flexibility index (Phi) is 5.07. The molecule has 2 aromatic rings. The minimum absolute atomic E-state index is 0.0112. The summed E-state index contributed by atoms with van der Waals surface area (Å²) < 4.78 is 42.0. The maximum absolute atomic E-state index is 14.2. The van der Waals surface area contributed by atoms with Gasteiger partial charge in [0.25, 0.3) is 5.91 Å². The molecule has 1 atom stereocenters. The smallest absolute Gasteiger partial charge is 0.255 e. The van der Waals surface area contributed by atoms with Crippen LogP contribution in [0.15, 0.2) is 30.3 Å². The molecule has 25 heavy (non-hydrogen) atoms. The maximum atomic E-state index is 14.2. The lowest BCUT2D eigenvalue weighted by Gasteiger charge is -2.27. The van der Waals surface area contributed by atoms with Crippen molar-refractivity contribution >= 4 is 33.4 Å². The zero-order chi connectivity index (χ0) is 18.1. The number of amides is 1. The number of halogens is 5. The van der Waals surface area contributed by atoms with Gasteiger partial charge in [-0.1, -0.05) is 17.5 Å². The number of nitrogens with zero attached hydrogens (tertiary/aromatic N) is 1. The van der Waals surface area contributed by atoms with Crippen LogP contribution in [0.4, 0.5) is 13.2 Å². The highest BCUT2D eigenvalue weighted by Crippen LogP contribution is 2.36. The fourth-order valence-electron chi connectivity index (χ4n) is 2.90. The van der Waals surface area contributed by atoms with Gasteiger partial charge in [0.05, 0.1) is 12.6 Å². The Labute approximate surface area is 155 Å². The molecule has 0 bridgehead atoms. The SMILES string of the molecule is O=C1c2cc(Cl)cc(F)c2CN1C(CC#CBr)c1cc(F)ccc1F. The minimum atomic E-state index is -0.862. The lowest BCUT2D eigenvalue weighted by atomic mass is 10.0. The van der Waals surface area contributed by atoms with E-state index in [4.69, 9.17) is 11.6 Å². The van der Waals surface area contributed by atoms with Gasteiger partial charge in [-0.05, 0) is 35.2 Å². The van der Waals surface area contributed by atoms with Gasteiger partial charge >= 0.3 is 0 Å². The van der Waals surface area contributed by atoms with Crippen LogP contribution in [0, 0.1) is 28.2 Å². The van der Waals surface area contributed by atoms with E-state index in [2.05, 4.69) is 26.7 Å². The number of hydrogen-bond donors (Lipinski definition) is 0. The van der Waals surface area contributed by atoms with Crippen LogP contribution < -0.4 is 0 Å². The first-order valence-corrected chi connectivity index (χ1v) is 8.41. The summed E-state index contributed by atoms with van der Waals surface area (Å²) in [6.07, 6.45) is 0.0563. The van der Waals surface area contributed by atoms with Crippen LogP contribution in [0.2, 0.25) is 5.02 Å². The maximum Gasteiger partial charge on any atom is 0.255 e. The molecule has 1 unspecified atom stereocenters. The van der Waals surface area contributed by atoms with Crippen LogP contribution in [-0.2, 0) is 6.54 Å². The van der Waals surface area contributed by atoms with Crippen molar-refractivity contribution in [2.24, 2.45) is 0 Å². The monoisotopic (exact) mass is 427 g/mol. The quantitative estimate of drug-likeness (QED) is 0.615. The van der Waals surface area contributed by atoms with E-state index in [1.807, 2.05) is 0 Å². The van der Waals surface area contributed by atoms with Gasteiger partial charge in [0.1, 0.15) is 17.5 Å². The van der Waals surface area contributed by atoms with Crippen LogP contribution in [-0.4, -0.2) is 10.8 Å². The van der Waals surface area contributed by atoms with Gasteiger partial charge in [0, 0.05) is 44.1 Å². The Balaban J connectivity index is 2.06. The summed E-state index contributed by atoms with van der Waals surface area (Å²) in [7, 11) is 0. The summed E-state index contributed by atoms with van der Waals surface area (Å²) >= 11 is 8.77. The Hall–Kier alpha value is -1.97. The zero-order valence-corrected chi connectivity index (χ0v) is 15.0. The predicted molar refractivity (Wildman–Crippen MR) is 91.7 cm³/mol. The summed E-state index contributed by atoms with van der Waals surface area (Å²) in [6.45, 7) is -0.0677. The first kappa shape index (κ1) is 17.8. The highest BCUT2D eigenvalue weighted by Gasteiger charge is 2.36. The average Bonchev–Trinajstić information content (AvgIpc) is 2.89. The molecule has 0 radical (unpaired) electrons. The lowest BCUT2D eigenvalue weighted by Crippen LogP contribution is -2.29. The van der Waals surface area contributed by atoms with Crippen molar-refractivity contribution in [3.05, 3.63) is 69.5 Å². The molecule has 1 aliphatic heterocycles. The Bertz CT molecular complexity index is 923. The van der Waals surface area contributed by atoms with E-state index in [-0.39, 0.29) is 34.7 Å². The van der Waals surface area contributed by atoms with Gasteiger partial charge < -0.3 is 4.90 Å². The van der Waals surface area contributed by atoms with E-state index in [0.717, 1.165) is 24.3 Å². The van der Waals surface area contributed by atoms with Crippen LogP contribution in [0.25, 0.3) is 0 Å². The standard InChI is InChI=1S/C18H10BrClF3NO/c19-5-1-2-17(13-8-11(21)3-4-15(13)22)24-9-14-12(18(24)25)6-10(20)7-16(14)23/h3-4,6-8,17H,2,9H2. The fourth-order valence-corrected chi connectivity index (χ4v) is 3.26. The molecule has 1 heterocycles. The number of carbonyl (C=O) groups is 1. The van der Waals surface area contributed by atoms with Gasteiger partial charge in [-0.3, -0.25) is 4.79 Å². The molecule has 0 saturated heterocycles. The van der Waals surface area contributed by atoms with Crippen LogP contribution in [0.5, 0.6) is 0 Å². The second-order valence-corrected chi connectivity index (χ2v) is 6.34. The number of carbonyl (C=O) groups excluding carboxylic acids is 1. The molecule has 3 rings (SSSR count). The molecule has 1 amide bonds. The predicted octanol–water partition coefficient (Wildman–Crippen LogP) is 5.20. The summed E-state index contributed by atoms with van der Waals surface area (Å²) in [5.74, 6) is 0.306. The van der Waals surface area contributed by atoms with E-state index in [1.54, 1.807) is 0 Å². The van der Waals surface area contributed by atoms with E-state index in [1.165, 1.54) is 11.0 Å². The van der Waals surface area contributed by atoms with Crippen LogP contribution in [0.3, 0.4) is 0 Å². The molecular formula is C18H10BrClF3NO. The number of benzene rings is 2. The number of hydrogen-bond acceptors (Lipinski definition) is 1. The van der Waals surface area contributed by atoms with Crippen molar-refractivity contribution in [1.29, 1.82) is 0 Å². The molecule has 2 nitrogen and oxygen atoms in total. The number of rotatable bonds is 3. The van der Waals surface area contributed by atoms with Gasteiger partial charge in [-0.15, -0.1) is 0 Å². The second kappa shape index (κ2) is 7.11. The molecule has 1 aliphatic rings. The Morgan fingerprint density at radius 3 is 2.68 bits per heavy atom. The first-order valence-electron chi connectivity index (χ1n) is 7.24. The van der Waals surface area contributed by atoms with Crippen molar-refractivity contribution in [3.8, 4) is 10.8 Å². The Morgan fingerprint density at radius 2 is 1.96 bits per heavy atom. The molecule has 0 N–H and O–H groups in total. The van der Waals surface area contributed by atoms with Crippen molar-refractivity contribution < 1.29 is 18.0 Å². The van der Waals surface area contributed by atoms with Crippen LogP contribution in [0.1, 0.15) is 33.9 Å². The molecule has 2 aromatic carbocycles. The highest BCUT2D eigenvalue weighted by atomic mass is 79.9. The second-order valence-electron chi connectivity index (χ2n) is 5.50. The molecule has 0 spiro atoms. The van der Waals surface area contributed by atoms with Crippen molar-refractivity contribution in [2.45, 2.75) is 19.0 Å². The average molecular weight is 429 g/mol. The molecule has 0 fully saturated rings. The normalized spacial score (nSPS) is 14.1. The lowest BCUT2D eigenvalue weighted by molar-refractivity contribution is 0.0700. The molecule has 128 valence electrons. The zero-order valence-electron chi connectivity index (χ0n) is 12.6. The summed E-state index contributed by atoms with van der Waals surface area (Å²) in [4.78, 5) is 16.5. The van der Waals surface area contributed by atoms with Gasteiger partial charge in [-0.2, -0.15) is 0 Å². The van der Waals surface area contributed by atoms with E-state index in [0.29, 0.717) is 0 Å². The number of fused-ring (bicyclic) bond motifs is 1. The van der Waals surface area contributed by atoms with Gasteiger partial charge in [-0.25, -0.2) is 13.2 Å². The van der Waals surface area contributed by atoms with Gasteiger partial charge in [0.2, 0.25) is 0 Å². The van der Waals surface area contributed by atoms with Crippen molar-refractivity contribution in [1.82, 2.24) is 4.90 Å². The van der Waals surface area contributed by atoms with E-state index >= 15 is 0 Å². The summed E-state index contributed by atoms with van der Waals surface area (Å²) in [5.41, 5.74) is 0.296. The third-order valence-electron chi connectivity index (χ3n) is 4.04. The van der Waals surface area contributed by atoms with Gasteiger partial charge in [0.15, 0.2) is 0 Å². The molecule has 0 aliphatic carbocycles. The molecule has 7 heteroatoms.